The number of carbonyl (C=O) groups is 1. The van der Waals surface area contributed by atoms with Gasteiger partial charge >= 0.3 is 13.7 Å². The Hall–Kier alpha value is -3.84. The first kappa shape index (κ1) is 33.5. The van der Waals surface area contributed by atoms with Crippen LogP contribution in [0.15, 0.2) is 48.8 Å². The van der Waals surface area contributed by atoms with Gasteiger partial charge in [-0.3, -0.25) is 13.9 Å². The molecule has 1 saturated heterocycles. The van der Waals surface area contributed by atoms with E-state index in [1.807, 2.05) is 52.0 Å². The number of carbonyl (C=O) groups excluding carboxylic acids is 1. The molecule has 3 heterocycles. The van der Waals surface area contributed by atoms with Gasteiger partial charge in [-0.15, -0.1) is 0 Å². The number of esters is 1. The first-order chi connectivity index (χ1) is 21.6. The van der Waals surface area contributed by atoms with Gasteiger partial charge in [0.2, 0.25) is 11.8 Å². The van der Waals surface area contributed by atoms with E-state index in [2.05, 4.69) is 20.0 Å². The second kappa shape index (κ2) is 12.7. The van der Waals surface area contributed by atoms with Crippen molar-refractivity contribution in [2.45, 2.75) is 59.2 Å². The fraction of sp³-hybridized carbons (Fsp3) is 0.484. The summed E-state index contributed by atoms with van der Waals surface area (Å²) in [5, 5.41) is 4.13. The zero-order valence-electron chi connectivity index (χ0n) is 27.1. The normalized spacial score (nSPS) is 22.1. The molecule has 0 saturated carbocycles. The first-order valence-corrected chi connectivity index (χ1v) is 16.5. The lowest BCUT2D eigenvalue weighted by Gasteiger charge is -2.27. The number of benzene rings is 2. The number of aromatic nitrogens is 4. The van der Waals surface area contributed by atoms with Crippen molar-refractivity contribution >= 4 is 47.4 Å². The van der Waals surface area contributed by atoms with Gasteiger partial charge < -0.3 is 24.6 Å². The van der Waals surface area contributed by atoms with Crippen molar-refractivity contribution in [1.29, 1.82) is 0 Å². The molecule has 5 atom stereocenters. The highest BCUT2D eigenvalue weighted by Crippen LogP contribution is 2.50. The minimum Gasteiger partial charge on any atom is -0.464 e. The number of nitrogens with one attached hydrogen (secondary N) is 1. The molecule has 4 aromatic rings. The Morgan fingerprint density at radius 2 is 1.96 bits per heavy atom. The van der Waals surface area contributed by atoms with Crippen LogP contribution in [0.5, 0.6) is 5.75 Å². The Bertz CT molecular complexity index is 1770. The van der Waals surface area contributed by atoms with Gasteiger partial charge in [-0.05, 0) is 23.8 Å². The van der Waals surface area contributed by atoms with Crippen LogP contribution in [0.25, 0.3) is 21.9 Å². The molecule has 0 amide bonds. The second-order valence-corrected chi connectivity index (χ2v) is 14.7. The molecule has 0 bridgehead atoms. The SMILES string of the molecule is C[C@@H](NP(=O)(OC[C@]1(F)C[C@H](C)[C@H](n2cnc3c(N(C)C)nc(N)nc32)O1)Oc1cccc2ccccc12)C(=O)OCC(C)(C)C. The average Bonchev–Trinajstić information content (AvgIpc) is 3.53. The number of hydrogen-bond acceptors (Lipinski definition) is 11. The molecule has 15 heteroatoms. The summed E-state index contributed by atoms with van der Waals surface area (Å²) in [5.41, 5.74) is 6.54. The minimum absolute atomic E-state index is 0.0335. The van der Waals surface area contributed by atoms with E-state index in [4.69, 9.17) is 24.3 Å². The third-order valence-corrected chi connectivity index (χ3v) is 8.94. The number of alkyl halides is 1. The van der Waals surface area contributed by atoms with Crippen LogP contribution in [-0.2, 0) is 23.4 Å². The Labute approximate surface area is 267 Å². The van der Waals surface area contributed by atoms with Crippen molar-refractivity contribution in [2.75, 3.05) is 37.9 Å². The van der Waals surface area contributed by atoms with E-state index < -0.39 is 38.4 Å². The molecule has 13 nitrogen and oxygen atoms in total. The lowest BCUT2D eigenvalue weighted by atomic mass is 9.99. The summed E-state index contributed by atoms with van der Waals surface area (Å²) >= 11 is 0. The summed E-state index contributed by atoms with van der Waals surface area (Å²) in [6.45, 7) is 8.42. The van der Waals surface area contributed by atoms with Crippen LogP contribution in [0.3, 0.4) is 0 Å². The molecule has 1 aliphatic rings. The smallest absolute Gasteiger partial charge is 0.459 e. The van der Waals surface area contributed by atoms with E-state index in [0.717, 1.165) is 5.39 Å². The summed E-state index contributed by atoms with van der Waals surface area (Å²) in [6, 6.07) is 11.5. The van der Waals surface area contributed by atoms with Crippen molar-refractivity contribution in [3.8, 4) is 5.75 Å². The maximum atomic E-state index is 16.4. The number of nitrogens with zero attached hydrogens (tertiary/aromatic N) is 5. The summed E-state index contributed by atoms with van der Waals surface area (Å²) < 4.78 is 55.4. The number of halogens is 1. The number of anilines is 2. The van der Waals surface area contributed by atoms with E-state index in [1.54, 1.807) is 41.8 Å². The van der Waals surface area contributed by atoms with Crippen LogP contribution in [0, 0.1) is 11.3 Å². The van der Waals surface area contributed by atoms with Gasteiger partial charge in [-0.25, -0.2) is 13.9 Å². The number of hydrogen-bond donors (Lipinski definition) is 2. The minimum atomic E-state index is -4.41. The monoisotopic (exact) mass is 657 g/mol. The molecular formula is C31H41FN7O6P. The summed E-state index contributed by atoms with van der Waals surface area (Å²) in [6.07, 6.45) is 0.566. The lowest BCUT2D eigenvalue weighted by Crippen LogP contribution is -2.38. The zero-order valence-corrected chi connectivity index (χ0v) is 28.0. The molecule has 1 fully saturated rings. The molecular weight excluding hydrogens is 616 g/mol. The van der Waals surface area contributed by atoms with Gasteiger partial charge in [0.05, 0.1) is 12.9 Å². The van der Waals surface area contributed by atoms with Gasteiger partial charge in [-0.2, -0.15) is 15.1 Å². The van der Waals surface area contributed by atoms with Crippen molar-refractivity contribution in [1.82, 2.24) is 24.6 Å². The highest BCUT2D eigenvalue weighted by molar-refractivity contribution is 7.52. The van der Waals surface area contributed by atoms with Crippen molar-refractivity contribution in [3.05, 3.63) is 48.8 Å². The fourth-order valence-corrected chi connectivity index (χ4v) is 6.72. The Morgan fingerprint density at radius 3 is 2.67 bits per heavy atom. The quantitative estimate of drug-likeness (QED) is 0.152. The average molecular weight is 658 g/mol. The molecule has 0 aliphatic carbocycles. The van der Waals surface area contributed by atoms with E-state index in [9.17, 15) is 9.36 Å². The number of nitrogens with two attached hydrogens (primary N) is 1. The highest BCUT2D eigenvalue weighted by Gasteiger charge is 2.49. The largest absolute Gasteiger partial charge is 0.464 e. The molecule has 1 aliphatic heterocycles. The molecule has 46 heavy (non-hydrogen) atoms. The Morgan fingerprint density at radius 1 is 1.24 bits per heavy atom. The third kappa shape index (κ3) is 7.41. The summed E-state index contributed by atoms with van der Waals surface area (Å²) in [5.74, 6) is -2.64. The number of fused-ring (bicyclic) bond motifs is 2. The number of nitrogen functional groups attached to an aromatic ring is 1. The number of ether oxygens (including phenoxy) is 2. The van der Waals surface area contributed by atoms with Gasteiger partial charge in [0.15, 0.2) is 17.0 Å². The summed E-state index contributed by atoms with van der Waals surface area (Å²) in [7, 11) is -0.806. The fourth-order valence-electron chi connectivity index (χ4n) is 5.18. The van der Waals surface area contributed by atoms with Gasteiger partial charge in [0.25, 0.3) is 0 Å². The molecule has 0 spiro atoms. The van der Waals surface area contributed by atoms with Crippen LogP contribution in [-0.4, -0.2) is 64.7 Å². The van der Waals surface area contributed by atoms with Gasteiger partial charge in [-0.1, -0.05) is 64.1 Å². The first-order valence-electron chi connectivity index (χ1n) is 15.0. The van der Waals surface area contributed by atoms with E-state index >= 15 is 4.39 Å². The Kier molecular flexibility index (Phi) is 9.29. The van der Waals surface area contributed by atoms with E-state index in [-0.39, 0.29) is 36.1 Å². The maximum absolute atomic E-state index is 16.4. The number of rotatable bonds is 11. The van der Waals surface area contributed by atoms with Crippen LogP contribution < -0.4 is 20.2 Å². The van der Waals surface area contributed by atoms with Crippen LogP contribution >= 0.6 is 7.75 Å². The molecule has 2 aromatic heterocycles. The van der Waals surface area contributed by atoms with E-state index in [1.165, 1.54) is 13.3 Å². The molecule has 5 rings (SSSR count). The maximum Gasteiger partial charge on any atom is 0.459 e. The highest BCUT2D eigenvalue weighted by atomic mass is 31.2. The van der Waals surface area contributed by atoms with Crippen LogP contribution in [0.2, 0.25) is 0 Å². The van der Waals surface area contributed by atoms with Crippen molar-refractivity contribution in [2.24, 2.45) is 11.3 Å². The molecule has 3 N–H and O–H groups in total. The Balaban J connectivity index is 1.39. The van der Waals surface area contributed by atoms with E-state index in [0.29, 0.717) is 22.4 Å². The third-order valence-electron chi connectivity index (χ3n) is 7.33. The van der Waals surface area contributed by atoms with Crippen molar-refractivity contribution in [3.63, 3.8) is 0 Å². The molecule has 1 unspecified atom stereocenters. The topological polar surface area (TPSA) is 156 Å². The summed E-state index contributed by atoms with van der Waals surface area (Å²) in [4.78, 5) is 27.6. The molecule has 0 radical (unpaired) electrons. The van der Waals surface area contributed by atoms with Gasteiger partial charge in [0, 0.05) is 31.8 Å². The van der Waals surface area contributed by atoms with Gasteiger partial charge in [0.1, 0.15) is 24.6 Å². The van der Waals surface area contributed by atoms with Crippen LogP contribution in [0.1, 0.15) is 47.3 Å². The second-order valence-electron chi connectivity index (χ2n) is 13.1. The zero-order chi connectivity index (χ0) is 33.4. The predicted molar refractivity (Wildman–Crippen MR) is 173 cm³/mol. The standard InChI is InChI=1S/C31H41FN7O6P/c1-19-15-31(32,44-27(19)39-18-34-24-25(38(6)7)35-29(33)36-26(24)39)17-43-46(41,37-20(2)28(40)42-16-30(3,4)5)45-23-14-10-12-21-11-8-9-13-22(21)23/h8-14,18-20,27H,15-17H2,1-7H3,(H,37,41)(H2,33,35,36)/t19-,20+,27+,31-,46?/m0/s1. The lowest BCUT2D eigenvalue weighted by molar-refractivity contribution is -0.173. The number of imidazole rings is 1. The predicted octanol–water partition coefficient (Wildman–Crippen LogP) is 5.62. The molecule has 2 aromatic carbocycles. The molecule has 248 valence electrons. The van der Waals surface area contributed by atoms with Crippen LogP contribution in [0.4, 0.5) is 16.2 Å². The van der Waals surface area contributed by atoms with Crippen molar-refractivity contribution < 1.29 is 32.3 Å².